The van der Waals surface area contributed by atoms with Crippen LogP contribution in [-0.2, 0) is 6.54 Å². The highest BCUT2D eigenvalue weighted by Gasteiger charge is 2.29. The molecule has 0 atom stereocenters. The van der Waals surface area contributed by atoms with Gasteiger partial charge in [-0.1, -0.05) is 35.5 Å². The topological polar surface area (TPSA) is 59.2 Å². The first kappa shape index (κ1) is 17.8. The summed E-state index contributed by atoms with van der Waals surface area (Å²) in [5.41, 5.74) is 0.770. The number of hydrogen-bond donors (Lipinski definition) is 0. The molecule has 5 nitrogen and oxygen atoms in total. The lowest BCUT2D eigenvalue weighted by Crippen LogP contribution is -2.45. The third kappa shape index (κ3) is 3.96. The first-order chi connectivity index (χ1) is 12.3. The Morgan fingerprint density at radius 3 is 2.35 bits per heavy atom. The van der Waals surface area contributed by atoms with Gasteiger partial charge >= 0.3 is 0 Å². The molecule has 2 aromatic carbocycles. The molecule has 134 valence electrons. The van der Waals surface area contributed by atoms with E-state index >= 15 is 0 Å². The molecular weight excluding hydrogens is 333 g/mol. The van der Waals surface area contributed by atoms with Gasteiger partial charge in [0.25, 0.3) is 5.91 Å². The summed E-state index contributed by atoms with van der Waals surface area (Å²) < 4.78 is 18.5. The Labute approximate surface area is 151 Å². The monoisotopic (exact) mass is 353 g/mol. The standard InChI is InChI=1S/C20H20FN3O2/c1-20(2,3)24(19(25)15-9-11-16(21)12-10-15)13-17-22-18(23-26-17)14-7-5-4-6-8-14/h4-12H,13H2,1-3H3. The molecule has 0 bridgehead atoms. The summed E-state index contributed by atoms with van der Waals surface area (Å²) in [6.45, 7) is 5.92. The van der Waals surface area contributed by atoms with Gasteiger partial charge in [0.1, 0.15) is 12.4 Å². The van der Waals surface area contributed by atoms with Gasteiger partial charge in [0.05, 0.1) is 0 Å². The largest absolute Gasteiger partial charge is 0.337 e. The molecule has 0 aliphatic heterocycles. The lowest BCUT2D eigenvalue weighted by molar-refractivity contribution is 0.0526. The Morgan fingerprint density at radius 1 is 1.08 bits per heavy atom. The number of amides is 1. The molecule has 26 heavy (non-hydrogen) atoms. The van der Waals surface area contributed by atoms with Crippen LogP contribution in [0.2, 0.25) is 0 Å². The Hall–Kier alpha value is -3.02. The number of benzene rings is 2. The van der Waals surface area contributed by atoms with Crippen LogP contribution in [0.1, 0.15) is 37.0 Å². The van der Waals surface area contributed by atoms with E-state index in [0.717, 1.165) is 5.56 Å². The summed E-state index contributed by atoms with van der Waals surface area (Å²) in [5, 5.41) is 3.99. The molecule has 1 aromatic heterocycles. The van der Waals surface area contributed by atoms with Gasteiger partial charge in [0.15, 0.2) is 0 Å². The van der Waals surface area contributed by atoms with Crippen molar-refractivity contribution in [2.24, 2.45) is 0 Å². The van der Waals surface area contributed by atoms with Crippen LogP contribution < -0.4 is 0 Å². The van der Waals surface area contributed by atoms with Crippen molar-refractivity contribution in [2.75, 3.05) is 0 Å². The highest BCUT2D eigenvalue weighted by molar-refractivity contribution is 5.94. The smallest absolute Gasteiger partial charge is 0.254 e. The first-order valence-corrected chi connectivity index (χ1v) is 8.30. The molecule has 0 unspecified atom stereocenters. The molecule has 3 aromatic rings. The van der Waals surface area contributed by atoms with Gasteiger partial charge in [-0.25, -0.2) is 4.39 Å². The van der Waals surface area contributed by atoms with Crippen molar-refractivity contribution in [3.63, 3.8) is 0 Å². The maximum absolute atomic E-state index is 13.1. The summed E-state index contributed by atoms with van der Waals surface area (Å²) in [7, 11) is 0. The van der Waals surface area contributed by atoms with Crippen molar-refractivity contribution in [3.05, 3.63) is 71.9 Å². The molecule has 0 spiro atoms. The van der Waals surface area contributed by atoms with Gasteiger partial charge in [-0.2, -0.15) is 4.98 Å². The zero-order valence-corrected chi connectivity index (χ0v) is 14.9. The molecule has 0 fully saturated rings. The Balaban J connectivity index is 1.85. The van der Waals surface area contributed by atoms with Crippen molar-refractivity contribution in [1.82, 2.24) is 15.0 Å². The zero-order chi connectivity index (χ0) is 18.7. The minimum Gasteiger partial charge on any atom is -0.337 e. The Kier molecular flexibility index (Phi) is 4.84. The van der Waals surface area contributed by atoms with Crippen LogP contribution >= 0.6 is 0 Å². The number of halogens is 1. The predicted molar refractivity (Wildman–Crippen MR) is 95.8 cm³/mol. The SMILES string of the molecule is CC(C)(C)N(Cc1nc(-c2ccccc2)no1)C(=O)c1ccc(F)cc1. The summed E-state index contributed by atoms with van der Waals surface area (Å²) >= 11 is 0. The van der Waals surface area contributed by atoms with E-state index in [-0.39, 0.29) is 18.3 Å². The highest BCUT2D eigenvalue weighted by Crippen LogP contribution is 2.22. The second-order valence-electron chi connectivity index (χ2n) is 6.95. The van der Waals surface area contributed by atoms with E-state index in [9.17, 15) is 9.18 Å². The van der Waals surface area contributed by atoms with E-state index in [2.05, 4.69) is 10.1 Å². The number of carbonyl (C=O) groups is 1. The highest BCUT2D eigenvalue weighted by atomic mass is 19.1. The summed E-state index contributed by atoms with van der Waals surface area (Å²) in [6, 6.07) is 15.0. The van der Waals surface area contributed by atoms with Crippen molar-refractivity contribution >= 4 is 5.91 Å². The number of rotatable bonds is 4. The molecule has 0 radical (unpaired) electrons. The normalized spacial score (nSPS) is 11.4. The van der Waals surface area contributed by atoms with Crippen LogP contribution in [0.15, 0.2) is 59.1 Å². The second-order valence-corrected chi connectivity index (χ2v) is 6.95. The van der Waals surface area contributed by atoms with Crippen LogP contribution in [0, 0.1) is 5.82 Å². The Bertz CT molecular complexity index is 883. The van der Waals surface area contributed by atoms with Crippen LogP contribution in [0.25, 0.3) is 11.4 Å². The number of carbonyl (C=O) groups excluding carboxylic acids is 1. The molecule has 0 saturated carbocycles. The van der Waals surface area contributed by atoms with Gasteiger partial charge in [-0.15, -0.1) is 0 Å². The van der Waals surface area contributed by atoms with Crippen LogP contribution in [0.4, 0.5) is 4.39 Å². The molecule has 6 heteroatoms. The fraction of sp³-hybridized carbons (Fsp3) is 0.250. The maximum atomic E-state index is 13.1. The lowest BCUT2D eigenvalue weighted by Gasteiger charge is -2.34. The summed E-state index contributed by atoms with van der Waals surface area (Å²) in [4.78, 5) is 18.9. The summed E-state index contributed by atoms with van der Waals surface area (Å²) in [5.74, 6) is 0.211. The molecular formula is C20H20FN3O2. The van der Waals surface area contributed by atoms with E-state index in [0.29, 0.717) is 17.3 Å². The molecule has 3 rings (SSSR count). The first-order valence-electron chi connectivity index (χ1n) is 8.30. The van der Waals surface area contributed by atoms with Crippen LogP contribution in [0.5, 0.6) is 0 Å². The third-order valence-electron chi connectivity index (χ3n) is 3.94. The number of hydrogen-bond acceptors (Lipinski definition) is 4. The lowest BCUT2D eigenvalue weighted by atomic mass is 10.0. The summed E-state index contributed by atoms with van der Waals surface area (Å²) in [6.07, 6.45) is 0. The fourth-order valence-corrected chi connectivity index (χ4v) is 2.52. The van der Waals surface area contributed by atoms with Crippen molar-refractivity contribution in [1.29, 1.82) is 0 Å². The van der Waals surface area contributed by atoms with Gasteiger partial charge in [-0.3, -0.25) is 4.79 Å². The molecule has 0 saturated heterocycles. The minimum atomic E-state index is -0.479. The van der Waals surface area contributed by atoms with Gasteiger partial charge in [0.2, 0.25) is 11.7 Å². The van der Waals surface area contributed by atoms with Gasteiger partial charge in [-0.05, 0) is 45.0 Å². The van der Waals surface area contributed by atoms with Crippen LogP contribution in [-0.4, -0.2) is 26.5 Å². The zero-order valence-electron chi connectivity index (χ0n) is 14.9. The van der Waals surface area contributed by atoms with Crippen molar-refractivity contribution in [3.8, 4) is 11.4 Å². The quantitative estimate of drug-likeness (QED) is 0.701. The third-order valence-corrected chi connectivity index (χ3v) is 3.94. The van der Waals surface area contributed by atoms with E-state index in [1.807, 2.05) is 51.1 Å². The van der Waals surface area contributed by atoms with E-state index in [4.69, 9.17) is 4.52 Å². The average Bonchev–Trinajstić information content (AvgIpc) is 3.08. The number of nitrogens with zero attached hydrogens (tertiary/aromatic N) is 3. The predicted octanol–water partition coefficient (Wildman–Crippen LogP) is 4.32. The van der Waals surface area contributed by atoms with Crippen LogP contribution in [0.3, 0.4) is 0 Å². The second kappa shape index (κ2) is 7.07. The van der Waals surface area contributed by atoms with E-state index in [1.54, 1.807) is 4.90 Å². The minimum absolute atomic E-state index is 0.166. The maximum Gasteiger partial charge on any atom is 0.254 e. The molecule has 0 aliphatic rings. The van der Waals surface area contributed by atoms with E-state index in [1.165, 1.54) is 24.3 Å². The average molecular weight is 353 g/mol. The van der Waals surface area contributed by atoms with Gasteiger partial charge < -0.3 is 9.42 Å². The number of aromatic nitrogens is 2. The fourth-order valence-electron chi connectivity index (χ4n) is 2.52. The van der Waals surface area contributed by atoms with Crippen molar-refractivity contribution in [2.45, 2.75) is 32.9 Å². The van der Waals surface area contributed by atoms with Gasteiger partial charge in [0, 0.05) is 16.7 Å². The Morgan fingerprint density at radius 2 is 1.73 bits per heavy atom. The molecule has 0 N–H and O–H groups in total. The van der Waals surface area contributed by atoms with Crippen molar-refractivity contribution < 1.29 is 13.7 Å². The molecule has 1 amide bonds. The van der Waals surface area contributed by atoms with E-state index < -0.39 is 5.54 Å². The molecule has 0 aliphatic carbocycles. The molecule has 1 heterocycles.